The number of nitrogens with one attached hydrogen (secondary N) is 2. The molecule has 1 fully saturated rings. The Hall–Kier alpha value is -0.430. The van der Waals surface area contributed by atoms with Crippen LogP contribution in [0.25, 0.3) is 0 Å². The zero-order chi connectivity index (χ0) is 9.80. The lowest BCUT2D eigenvalue weighted by atomic mass is 10.1. The highest BCUT2D eigenvalue weighted by Crippen LogP contribution is 2.08. The molecule has 0 aromatic carbocycles. The largest absolute Gasteiger partial charge is 0.354 e. The molecule has 2 rings (SSSR count). The zero-order valence-electron chi connectivity index (χ0n) is 7.83. The molecule has 1 aromatic heterocycles. The van der Waals surface area contributed by atoms with Gasteiger partial charge in [0.05, 0.1) is 0 Å². The summed E-state index contributed by atoms with van der Waals surface area (Å²) in [7, 11) is 0. The van der Waals surface area contributed by atoms with E-state index in [-0.39, 0.29) is 0 Å². The predicted molar refractivity (Wildman–Crippen MR) is 64.2 cm³/mol. The lowest BCUT2D eigenvalue weighted by Gasteiger charge is -2.09. The first-order valence-corrected chi connectivity index (χ1v) is 5.84. The van der Waals surface area contributed by atoms with Gasteiger partial charge in [0.2, 0.25) is 5.95 Å². The van der Waals surface area contributed by atoms with E-state index in [1.54, 1.807) is 0 Å². The third-order valence-corrected chi connectivity index (χ3v) is 2.89. The molecule has 1 aliphatic heterocycles. The SMILES string of the molecule is Ic1cnc(NCC2CCNC2)nc1. The topological polar surface area (TPSA) is 49.8 Å². The van der Waals surface area contributed by atoms with Crippen molar-refractivity contribution in [1.82, 2.24) is 15.3 Å². The molecule has 1 saturated heterocycles. The molecule has 76 valence electrons. The van der Waals surface area contributed by atoms with Gasteiger partial charge in [-0.05, 0) is 48.0 Å². The van der Waals surface area contributed by atoms with Crippen LogP contribution in [-0.4, -0.2) is 29.6 Å². The monoisotopic (exact) mass is 304 g/mol. The number of aromatic nitrogens is 2. The van der Waals surface area contributed by atoms with Gasteiger partial charge >= 0.3 is 0 Å². The Kier molecular flexibility index (Phi) is 3.52. The van der Waals surface area contributed by atoms with E-state index in [0.29, 0.717) is 0 Å². The Morgan fingerprint density at radius 3 is 2.93 bits per heavy atom. The maximum atomic E-state index is 4.19. The first-order chi connectivity index (χ1) is 6.84. The van der Waals surface area contributed by atoms with Gasteiger partial charge in [-0.25, -0.2) is 9.97 Å². The van der Waals surface area contributed by atoms with Crippen molar-refractivity contribution in [3.05, 3.63) is 16.0 Å². The molecule has 1 aliphatic rings. The highest BCUT2D eigenvalue weighted by atomic mass is 127. The second-order valence-electron chi connectivity index (χ2n) is 3.46. The number of anilines is 1. The van der Waals surface area contributed by atoms with Crippen molar-refractivity contribution < 1.29 is 0 Å². The molecule has 1 unspecified atom stereocenters. The van der Waals surface area contributed by atoms with Gasteiger partial charge in [0.25, 0.3) is 0 Å². The van der Waals surface area contributed by atoms with E-state index < -0.39 is 0 Å². The molecule has 0 saturated carbocycles. The average molecular weight is 304 g/mol. The van der Waals surface area contributed by atoms with Gasteiger partial charge in [0, 0.05) is 22.5 Å². The Balaban J connectivity index is 1.82. The van der Waals surface area contributed by atoms with Gasteiger partial charge in [-0.3, -0.25) is 0 Å². The van der Waals surface area contributed by atoms with Crippen LogP contribution in [0, 0.1) is 9.49 Å². The molecule has 4 nitrogen and oxygen atoms in total. The summed E-state index contributed by atoms with van der Waals surface area (Å²) >= 11 is 2.20. The maximum absolute atomic E-state index is 4.19. The van der Waals surface area contributed by atoms with E-state index in [9.17, 15) is 0 Å². The fourth-order valence-electron chi connectivity index (χ4n) is 1.53. The molecule has 0 bridgehead atoms. The van der Waals surface area contributed by atoms with E-state index in [2.05, 4.69) is 43.2 Å². The lowest BCUT2D eigenvalue weighted by molar-refractivity contribution is 0.613. The van der Waals surface area contributed by atoms with E-state index in [1.165, 1.54) is 6.42 Å². The summed E-state index contributed by atoms with van der Waals surface area (Å²) < 4.78 is 1.07. The molecule has 0 radical (unpaired) electrons. The van der Waals surface area contributed by atoms with Gasteiger partial charge in [-0.15, -0.1) is 0 Å². The van der Waals surface area contributed by atoms with Crippen LogP contribution < -0.4 is 10.6 Å². The number of hydrogen-bond donors (Lipinski definition) is 2. The smallest absolute Gasteiger partial charge is 0.222 e. The summed E-state index contributed by atoms with van der Waals surface area (Å²) in [4.78, 5) is 8.38. The van der Waals surface area contributed by atoms with Gasteiger partial charge in [0.15, 0.2) is 0 Å². The summed E-state index contributed by atoms with van der Waals surface area (Å²) in [6.07, 6.45) is 4.89. The standard InChI is InChI=1S/C9H13IN4/c10-8-5-13-9(14-6-8)12-4-7-1-2-11-3-7/h5-7,11H,1-4H2,(H,12,13,14). The Morgan fingerprint density at radius 2 is 2.29 bits per heavy atom. The van der Waals surface area contributed by atoms with Crippen LogP contribution in [0.4, 0.5) is 5.95 Å². The molecular weight excluding hydrogens is 291 g/mol. The van der Waals surface area contributed by atoms with Crippen molar-refractivity contribution in [2.75, 3.05) is 25.0 Å². The molecule has 0 spiro atoms. The summed E-state index contributed by atoms with van der Waals surface area (Å²) in [5, 5.41) is 6.58. The van der Waals surface area contributed by atoms with Crippen molar-refractivity contribution in [3.63, 3.8) is 0 Å². The summed E-state index contributed by atoms with van der Waals surface area (Å²) in [6, 6.07) is 0. The highest BCUT2D eigenvalue weighted by molar-refractivity contribution is 14.1. The highest BCUT2D eigenvalue weighted by Gasteiger charge is 2.13. The first kappa shape index (κ1) is 10.1. The van der Waals surface area contributed by atoms with Crippen LogP contribution in [0.2, 0.25) is 0 Å². The Morgan fingerprint density at radius 1 is 1.50 bits per heavy atom. The molecule has 14 heavy (non-hydrogen) atoms. The fourth-order valence-corrected chi connectivity index (χ4v) is 1.81. The summed E-state index contributed by atoms with van der Waals surface area (Å²) in [5.74, 6) is 1.45. The van der Waals surface area contributed by atoms with Gasteiger partial charge in [-0.2, -0.15) is 0 Å². The van der Waals surface area contributed by atoms with Gasteiger partial charge < -0.3 is 10.6 Å². The van der Waals surface area contributed by atoms with Gasteiger partial charge in [0.1, 0.15) is 0 Å². The van der Waals surface area contributed by atoms with E-state index in [1.807, 2.05) is 12.4 Å². The van der Waals surface area contributed by atoms with E-state index >= 15 is 0 Å². The minimum absolute atomic E-state index is 0.720. The normalized spacial score (nSPS) is 21.1. The molecule has 2 N–H and O–H groups in total. The molecule has 0 amide bonds. The lowest BCUT2D eigenvalue weighted by Crippen LogP contribution is -2.18. The van der Waals surface area contributed by atoms with Crippen LogP contribution in [0.3, 0.4) is 0 Å². The number of rotatable bonds is 3. The molecule has 1 aromatic rings. The second kappa shape index (κ2) is 4.88. The van der Waals surface area contributed by atoms with Crippen LogP contribution in [0.1, 0.15) is 6.42 Å². The molecular formula is C9H13IN4. The van der Waals surface area contributed by atoms with Crippen molar-refractivity contribution in [2.45, 2.75) is 6.42 Å². The minimum atomic E-state index is 0.720. The quantitative estimate of drug-likeness (QED) is 0.821. The van der Waals surface area contributed by atoms with Crippen molar-refractivity contribution in [1.29, 1.82) is 0 Å². The van der Waals surface area contributed by atoms with Crippen molar-refractivity contribution in [2.24, 2.45) is 5.92 Å². The third-order valence-electron chi connectivity index (χ3n) is 2.33. The van der Waals surface area contributed by atoms with Crippen LogP contribution >= 0.6 is 22.6 Å². The number of nitrogens with zero attached hydrogens (tertiary/aromatic N) is 2. The molecule has 2 heterocycles. The fraction of sp³-hybridized carbons (Fsp3) is 0.556. The van der Waals surface area contributed by atoms with E-state index in [0.717, 1.165) is 35.1 Å². The average Bonchev–Trinajstić information content (AvgIpc) is 2.70. The Labute approximate surface area is 97.1 Å². The molecule has 5 heteroatoms. The van der Waals surface area contributed by atoms with Crippen LogP contribution in [-0.2, 0) is 0 Å². The van der Waals surface area contributed by atoms with Crippen molar-refractivity contribution in [3.8, 4) is 0 Å². The van der Waals surface area contributed by atoms with Gasteiger partial charge in [-0.1, -0.05) is 0 Å². The zero-order valence-corrected chi connectivity index (χ0v) is 9.99. The Bertz CT molecular complexity index is 281. The maximum Gasteiger partial charge on any atom is 0.222 e. The molecule has 1 atom stereocenters. The van der Waals surface area contributed by atoms with Crippen molar-refractivity contribution >= 4 is 28.5 Å². The van der Waals surface area contributed by atoms with Crippen LogP contribution in [0.5, 0.6) is 0 Å². The first-order valence-electron chi connectivity index (χ1n) is 4.77. The second-order valence-corrected chi connectivity index (χ2v) is 4.71. The number of hydrogen-bond acceptors (Lipinski definition) is 4. The predicted octanol–water partition coefficient (Wildman–Crippen LogP) is 1.10. The number of halogens is 1. The minimum Gasteiger partial charge on any atom is -0.354 e. The van der Waals surface area contributed by atoms with E-state index in [4.69, 9.17) is 0 Å². The molecule has 0 aliphatic carbocycles. The van der Waals surface area contributed by atoms with Crippen LogP contribution in [0.15, 0.2) is 12.4 Å². The summed E-state index contributed by atoms with van der Waals surface area (Å²) in [5.41, 5.74) is 0. The summed E-state index contributed by atoms with van der Waals surface area (Å²) in [6.45, 7) is 3.21. The third kappa shape index (κ3) is 2.78.